The first-order chi connectivity index (χ1) is 20.2. The number of carbonyl (C=O) groups is 2. The molecule has 9 nitrogen and oxygen atoms in total. The van der Waals surface area contributed by atoms with Gasteiger partial charge >= 0.3 is 11.9 Å². The molecule has 0 atom stereocenters. The molecule has 42 heavy (non-hydrogen) atoms. The quantitative estimate of drug-likeness (QED) is 0.336. The zero-order valence-electron chi connectivity index (χ0n) is 26.2. The highest BCUT2D eigenvalue weighted by Gasteiger charge is 2.32. The second kappa shape index (κ2) is 14.8. The van der Waals surface area contributed by atoms with Gasteiger partial charge in [0.1, 0.15) is 11.9 Å². The summed E-state index contributed by atoms with van der Waals surface area (Å²) in [7, 11) is 5.08. The molecule has 0 spiro atoms. The summed E-state index contributed by atoms with van der Waals surface area (Å²) in [4.78, 5) is 31.2. The predicted octanol–water partition coefficient (Wildman–Crippen LogP) is 6.46. The molecule has 0 aliphatic heterocycles. The van der Waals surface area contributed by atoms with Gasteiger partial charge in [0.15, 0.2) is 5.52 Å². The number of amides is 1. The Morgan fingerprint density at radius 3 is 2.21 bits per heavy atom. The van der Waals surface area contributed by atoms with Crippen LogP contribution < -0.4 is 9.64 Å². The van der Waals surface area contributed by atoms with Crippen molar-refractivity contribution in [1.82, 2.24) is 14.8 Å². The van der Waals surface area contributed by atoms with E-state index in [0.29, 0.717) is 48.8 Å². The first-order valence-electron chi connectivity index (χ1n) is 14.7. The molecule has 1 aromatic carbocycles. The highest BCUT2D eigenvalue weighted by Crippen LogP contribution is 2.46. The monoisotopic (exact) mass is 576 g/mol. The summed E-state index contributed by atoms with van der Waals surface area (Å²) in [6.45, 7) is 9.80. The summed E-state index contributed by atoms with van der Waals surface area (Å²) in [5.74, 6) is 5.35. The predicted molar refractivity (Wildman–Crippen MR) is 165 cm³/mol. The van der Waals surface area contributed by atoms with Crippen molar-refractivity contribution >= 4 is 34.4 Å². The molecule has 2 saturated carbocycles. The molecular formula is C33H44N4O5. The van der Waals surface area contributed by atoms with Crippen LogP contribution in [0.3, 0.4) is 0 Å². The Hall–Kier alpha value is -3.90. The zero-order chi connectivity index (χ0) is 31.0. The Bertz CT molecular complexity index is 1460. The second-order valence-electron chi connectivity index (χ2n) is 10.6. The molecule has 226 valence electrons. The number of methoxy groups -OCH3 is 1. The number of hydrogen-bond acceptors (Lipinski definition) is 6. The van der Waals surface area contributed by atoms with Gasteiger partial charge in [-0.3, -0.25) is 19.2 Å². The van der Waals surface area contributed by atoms with Crippen molar-refractivity contribution < 1.29 is 24.2 Å². The maximum atomic E-state index is 13.4. The molecule has 0 bridgehead atoms. The molecule has 2 aromatic heterocycles. The number of carboxylic acid groups (broad SMARTS) is 1. The molecule has 3 aromatic rings. The lowest BCUT2D eigenvalue weighted by Gasteiger charge is -2.26. The van der Waals surface area contributed by atoms with Crippen LogP contribution in [0, 0.1) is 31.6 Å². The van der Waals surface area contributed by atoms with Gasteiger partial charge in [-0.05, 0) is 106 Å². The van der Waals surface area contributed by atoms with Crippen LogP contribution in [-0.2, 0) is 21.4 Å². The summed E-state index contributed by atoms with van der Waals surface area (Å²) in [6.07, 6.45) is 4.56. The average Bonchev–Trinajstić information content (AvgIpc) is 3.77. The molecule has 2 aliphatic carbocycles. The highest BCUT2D eigenvalue weighted by molar-refractivity contribution is 6.11. The highest BCUT2D eigenvalue weighted by atomic mass is 16.5. The van der Waals surface area contributed by atoms with Crippen LogP contribution in [-0.4, -0.2) is 52.1 Å². The van der Waals surface area contributed by atoms with Crippen molar-refractivity contribution in [3.63, 3.8) is 0 Å². The Kier molecular flexibility index (Phi) is 11.5. The van der Waals surface area contributed by atoms with Gasteiger partial charge in [-0.15, -0.1) is 5.10 Å². The number of aromatic nitrogens is 3. The lowest BCUT2D eigenvalue weighted by atomic mass is 9.87. The molecule has 0 unspecified atom stereocenters. The van der Waals surface area contributed by atoms with Gasteiger partial charge in [-0.2, -0.15) is 0 Å². The summed E-state index contributed by atoms with van der Waals surface area (Å²) in [5.41, 5.74) is 5.63. The Labute approximate surface area is 249 Å². The summed E-state index contributed by atoms with van der Waals surface area (Å²) < 4.78 is 12.2. The van der Waals surface area contributed by atoms with E-state index >= 15 is 0 Å². The van der Waals surface area contributed by atoms with Crippen molar-refractivity contribution in [2.45, 2.75) is 85.2 Å². The van der Waals surface area contributed by atoms with Crippen molar-refractivity contribution in [1.29, 1.82) is 0 Å². The molecule has 1 N–H and O–H groups in total. The van der Waals surface area contributed by atoms with Gasteiger partial charge in [-0.25, -0.2) is 4.98 Å². The van der Waals surface area contributed by atoms with Crippen LogP contribution in [0.2, 0.25) is 0 Å². The molecular weight excluding hydrogens is 532 g/mol. The standard InChI is InChI=1S/C29H32N4O4.C2H6O.C2H6/c1-5-6-26(34)33(24-16-18(3)17(2)15-22(24)19-7-8-19)25-14-13-23-27(30-25)28(31-32(23)4)37-21-11-9-20(10-12-21)29(35)36;1-3-2;1-2/h13-16,19-21H,7-12H2,1-4H3,(H,35,36);1-2H3;1-2H3. The SMILES string of the molecule is CC.CC#CC(=O)N(c1ccc2c(n1)c(OC1CCC(C(=O)O)CC1)nn2C)c1cc(C)c(C)cc1C1CC1.COC. The molecule has 0 radical (unpaired) electrons. The van der Waals surface area contributed by atoms with Gasteiger partial charge in [0.25, 0.3) is 5.88 Å². The van der Waals surface area contributed by atoms with Crippen LogP contribution in [0.25, 0.3) is 11.0 Å². The number of ether oxygens (including phenoxy) is 2. The lowest BCUT2D eigenvalue weighted by Crippen LogP contribution is -2.28. The van der Waals surface area contributed by atoms with Crippen LogP contribution in [0.15, 0.2) is 24.3 Å². The number of aliphatic carboxylic acids is 1. The number of fused-ring (bicyclic) bond motifs is 1. The van der Waals surface area contributed by atoms with Crippen LogP contribution >= 0.6 is 0 Å². The third-order valence-corrected chi connectivity index (χ3v) is 7.52. The Balaban J connectivity index is 0.000000910. The maximum Gasteiger partial charge on any atom is 0.308 e. The molecule has 5 rings (SSSR count). The van der Waals surface area contributed by atoms with E-state index in [2.05, 4.69) is 40.7 Å². The van der Waals surface area contributed by atoms with E-state index in [4.69, 9.17) is 9.72 Å². The van der Waals surface area contributed by atoms with E-state index in [1.54, 1.807) is 30.7 Å². The number of carbonyl (C=O) groups excluding carboxylic acids is 1. The van der Waals surface area contributed by atoms with E-state index in [1.165, 1.54) is 5.56 Å². The third-order valence-electron chi connectivity index (χ3n) is 7.52. The van der Waals surface area contributed by atoms with E-state index in [1.807, 2.05) is 40.0 Å². The number of anilines is 2. The molecule has 1 amide bonds. The van der Waals surface area contributed by atoms with Crippen molar-refractivity contribution in [3.8, 4) is 17.7 Å². The summed E-state index contributed by atoms with van der Waals surface area (Å²) >= 11 is 0. The number of rotatable bonds is 6. The maximum absolute atomic E-state index is 13.4. The van der Waals surface area contributed by atoms with Gasteiger partial charge in [0, 0.05) is 21.3 Å². The van der Waals surface area contributed by atoms with Gasteiger partial charge < -0.3 is 14.6 Å². The molecule has 2 heterocycles. The average molecular weight is 577 g/mol. The second-order valence-corrected chi connectivity index (χ2v) is 10.6. The van der Waals surface area contributed by atoms with Gasteiger partial charge in [0.2, 0.25) is 0 Å². The van der Waals surface area contributed by atoms with Crippen LogP contribution in [0.5, 0.6) is 5.88 Å². The molecule has 9 heteroatoms. The summed E-state index contributed by atoms with van der Waals surface area (Å²) in [6, 6.07) is 7.97. The molecule has 2 aliphatic rings. The minimum Gasteiger partial charge on any atom is -0.481 e. The van der Waals surface area contributed by atoms with Crippen molar-refractivity contribution in [3.05, 3.63) is 41.0 Å². The molecule has 0 saturated heterocycles. The number of hydrogen-bond donors (Lipinski definition) is 1. The van der Waals surface area contributed by atoms with Crippen LogP contribution in [0.1, 0.15) is 81.9 Å². The summed E-state index contributed by atoms with van der Waals surface area (Å²) in [5, 5.41) is 13.9. The van der Waals surface area contributed by atoms with Gasteiger partial charge in [0.05, 0.1) is 17.1 Å². The smallest absolute Gasteiger partial charge is 0.308 e. The first-order valence-corrected chi connectivity index (χ1v) is 14.7. The normalized spacial score (nSPS) is 17.5. The molecule has 2 fully saturated rings. The van der Waals surface area contributed by atoms with Gasteiger partial charge in [-0.1, -0.05) is 25.8 Å². The van der Waals surface area contributed by atoms with Crippen LogP contribution in [0.4, 0.5) is 11.5 Å². The topological polar surface area (TPSA) is 107 Å². The van der Waals surface area contributed by atoms with Crippen molar-refractivity contribution in [2.24, 2.45) is 13.0 Å². The van der Waals surface area contributed by atoms with E-state index in [0.717, 1.165) is 35.2 Å². The lowest BCUT2D eigenvalue weighted by molar-refractivity contribution is -0.143. The van der Waals surface area contributed by atoms with E-state index in [-0.39, 0.29) is 17.9 Å². The fourth-order valence-corrected chi connectivity index (χ4v) is 5.12. The number of carboxylic acids is 1. The number of nitrogens with zero attached hydrogens (tertiary/aromatic N) is 4. The minimum absolute atomic E-state index is 0.121. The Morgan fingerprint density at radius 1 is 1.02 bits per heavy atom. The Morgan fingerprint density at radius 2 is 1.64 bits per heavy atom. The number of aryl methyl sites for hydroxylation is 3. The van der Waals surface area contributed by atoms with E-state index < -0.39 is 5.97 Å². The minimum atomic E-state index is -0.745. The first kappa shape index (κ1) is 32.6. The fourth-order valence-electron chi connectivity index (χ4n) is 5.12. The zero-order valence-corrected chi connectivity index (χ0v) is 26.2. The number of pyridine rings is 1. The largest absolute Gasteiger partial charge is 0.481 e. The third kappa shape index (κ3) is 7.48. The fraction of sp³-hybridized carbons (Fsp3) is 0.515. The van der Waals surface area contributed by atoms with Crippen molar-refractivity contribution in [2.75, 3.05) is 19.1 Å². The van der Waals surface area contributed by atoms with E-state index in [9.17, 15) is 14.7 Å². The number of benzene rings is 1.